The van der Waals surface area contributed by atoms with E-state index in [1.54, 1.807) is 6.20 Å². The predicted octanol–water partition coefficient (Wildman–Crippen LogP) is 1.58. The topological polar surface area (TPSA) is 89.6 Å². The summed E-state index contributed by atoms with van der Waals surface area (Å²) in [5, 5.41) is 11.0. The molecule has 2 aromatic heterocycles. The molecule has 0 saturated heterocycles. The molecule has 0 spiro atoms. The lowest BCUT2D eigenvalue weighted by atomic mass is 10.0. The van der Waals surface area contributed by atoms with Gasteiger partial charge in [-0.05, 0) is 18.1 Å². The second-order valence-electron chi connectivity index (χ2n) is 4.24. The molecule has 94 valence electrons. The number of anilines is 2. The molecule has 0 unspecified atom stereocenters. The Kier molecular flexibility index (Phi) is 3.66. The Bertz CT molecular complexity index is 511. The van der Waals surface area contributed by atoms with Gasteiger partial charge in [0.05, 0.1) is 12.2 Å². The van der Waals surface area contributed by atoms with Crippen LogP contribution in [0, 0.1) is 0 Å². The quantitative estimate of drug-likeness (QED) is 0.848. The Labute approximate surface area is 106 Å². The van der Waals surface area contributed by atoms with Gasteiger partial charge in [0, 0.05) is 11.8 Å². The second kappa shape index (κ2) is 5.39. The average molecular weight is 244 g/mol. The van der Waals surface area contributed by atoms with Crippen LogP contribution in [0.5, 0.6) is 0 Å². The zero-order valence-electron chi connectivity index (χ0n) is 10.5. The molecular formula is C12H16N6. The Morgan fingerprint density at radius 1 is 1.33 bits per heavy atom. The Hall–Kier alpha value is -2.24. The van der Waals surface area contributed by atoms with E-state index in [1.807, 2.05) is 12.1 Å². The number of nitrogens with two attached hydrogens (primary N) is 1. The minimum Gasteiger partial charge on any atom is -0.383 e. The summed E-state index contributed by atoms with van der Waals surface area (Å²) >= 11 is 0. The molecular weight excluding hydrogens is 228 g/mol. The fourth-order valence-corrected chi connectivity index (χ4v) is 1.72. The summed E-state index contributed by atoms with van der Waals surface area (Å²) < 4.78 is 0. The van der Waals surface area contributed by atoms with Gasteiger partial charge in [-0.15, -0.1) is 0 Å². The molecule has 18 heavy (non-hydrogen) atoms. The smallest absolute Gasteiger partial charge is 0.135 e. The lowest BCUT2D eigenvalue weighted by molar-refractivity contribution is 0.844. The van der Waals surface area contributed by atoms with Crippen LogP contribution in [-0.2, 0) is 6.54 Å². The number of rotatable bonds is 4. The molecule has 0 aliphatic rings. The van der Waals surface area contributed by atoms with Crippen molar-refractivity contribution in [1.82, 2.24) is 20.2 Å². The van der Waals surface area contributed by atoms with Crippen molar-refractivity contribution in [2.75, 3.05) is 11.1 Å². The van der Waals surface area contributed by atoms with Crippen molar-refractivity contribution < 1.29 is 0 Å². The van der Waals surface area contributed by atoms with Crippen molar-refractivity contribution in [2.24, 2.45) is 0 Å². The minimum absolute atomic E-state index is 0.260. The first-order valence-corrected chi connectivity index (χ1v) is 5.79. The summed E-state index contributed by atoms with van der Waals surface area (Å²) in [6.45, 7) is 4.68. The van der Waals surface area contributed by atoms with E-state index in [0.717, 1.165) is 17.1 Å². The van der Waals surface area contributed by atoms with E-state index >= 15 is 0 Å². The first kappa shape index (κ1) is 12.2. The van der Waals surface area contributed by atoms with Crippen LogP contribution in [0.2, 0.25) is 0 Å². The van der Waals surface area contributed by atoms with Crippen molar-refractivity contribution in [3.63, 3.8) is 0 Å². The first-order chi connectivity index (χ1) is 8.68. The number of nitrogens with one attached hydrogen (secondary N) is 1. The van der Waals surface area contributed by atoms with Gasteiger partial charge in [0.2, 0.25) is 0 Å². The van der Waals surface area contributed by atoms with Crippen molar-refractivity contribution in [1.29, 1.82) is 0 Å². The predicted molar refractivity (Wildman–Crippen MR) is 69.9 cm³/mol. The molecule has 3 N–H and O–H groups in total. The Morgan fingerprint density at radius 2 is 2.17 bits per heavy atom. The maximum atomic E-state index is 5.87. The molecule has 0 atom stereocenters. The van der Waals surface area contributed by atoms with Crippen LogP contribution < -0.4 is 11.1 Å². The van der Waals surface area contributed by atoms with Gasteiger partial charge in [-0.25, -0.2) is 9.97 Å². The van der Waals surface area contributed by atoms with E-state index in [9.17, 15) is 0 Å². The molecule has 0 aliphatic carbocycles. The van der Waals surface area contributed by atoms with Crippen molar-refractivity contribution in [3.8, 4) is 0 Å². The fourth-order valence-electron chi connectivity index (χ4n) is 1.72. The van der Waals surface area contributed by atoms with E-state index in [0.29, 0.717) is 12.4 Å². The van der Waals surface area contributed by atoms with E-state index < -0.39 is 0 Å². The molecule has 2 heterocycles. The summed E-state index contributed by atoms with van der Waals surface area (Å²) in [6, 6.07) is 3.75. The molecule has 0 aliphatic heterocycles. The van der Waals surface area contributed by atoms with Gasteiger partial charge in [0.1, 0.15) is 18.0 Å². The highest BCUT2D eigenvalue weighted by molar-refractivity contribution is 5.56. The summed E-state index contributed by atoms with van der Waals surface area (Å²) in [6.07, 6.45) is 3.10. The summed E-state index contributed by atoms with van der Waals surface area (Å²) in [5.74, 6) is 1.53. The van der Waals surface area contributed by atoms with Gasteiger partial charge in [-0.1, -0.05) is 13.8 Å². The fraction of sp³-hybridized carbons (Fsp3) is 0.333. The first-order valence-electron chi connectivity index (χ1n) is 5.79. The van der Waals surface area contributed by atoms with E-state index in [2.05, 4.69) is 39.3 Å². The minimum atomic E-state index is 0.260. The number of nitrogens with zero attached hydrogens (tertiary/aromatic N) is 4. The van der Waals surface area contributed by atoms with Gasteiger partial charge in [0.15, 0.2) is 0 Å². The third kappa shape index (κ3) is 2.71. The maximum Gasteiger partial charge on any atom is 0.135 e. The molecule has 6 nitrogen and oxygen atoms in total. The average Bonchev–Trinajstić information content (AvgIpc) is 2.37. The molecule has 2 rings (SSSR count). The van der Waals surface area contributed by atoms with Crippen LogP contribution >= 0.6 is 0 Å². The monoisotopic (exact) mass is 244 g/mol. The summed E-state index contributed by atoms with van der Waals surface area (Å²) in [7, 11) is 0. The largest absolute Gasteiger partial charge is 0.383 e. The summed E-state index contributed by atoms with van der Waals surface area (Å²) in [4.78, 5) is 8.24. The lowest BCUT2D eigenvalue weighted by Crippen LogP contribution is -2.10. The summed E-state index contributed by atoms with van der Waals surface area (Å²) in [5.41, 5.74) is 7.66. The van der Waals surface area contributed by atoms with Crippen molar-refractivity contribution >= 4 is 11.6 Å². The molecule has 0 aromatic carbocycles. The van der Waals surface area contributed by atoms with E-state index in [4.69, 9.17) is 5.73 Å². The van der Waals surface area contributed by atoms with Crippen LogP contribution in [-0.4, -0.2) is 20.2 Å². The van der Waals surface area contributed by atoms with E-state index in [1.165, 1.54) is 6.33 Å². The highest BCUT2D eigenvalue weighted by atomic mass is 15.1. The van der Waals surface area contributed by atoms with Gasteiger partial charge in [-0.2, -0.15) is 10.2 Å². The van der Waals surface area contributed by atoms with E-state index in [-0.39, 0.29) is 5.92 Å². The van der Waals surface area contributed by atoms with Crippen LogP contribution in [0.1, 0.15) is 31.0 Å². The zero-order chi connectivity index (χ0) is 13.0. The van der Waals surface area contributed by atoms with Crippen LogP contribution in [0.15, 0.2) is 24.7 Å². The molecule has 0 bridgehead atoms. The molecule has 0 radical (unpaired) electrons. The normalized spacial score (nSPS) is 10.6. The number of hydrogen-bond donors (Lipinski definition) is 2. The Morgan fingerprint density at radius 3 is 2.83 bits per heavy atom. The third-order valence-electron chi connectivity index (χ3n) is 2.56. The third-order valence-corrected chi connectivity index (χ3v) is 2.56. The van der Waals surface area contributed by atoms with Gasteiger partial charge < -0.3 is 11.1 Å². The highest BCUT2D eigenvalue weighted by Crippen LogP contribution is 2.26. The van der Waals surface area contributed by atoms with Crippen molar-refractivity contribution in [3.05, 3.63) is 35.9 Å². The van der Waals surface area contributed by atoms with Gasteiger partial charge in [0.25, 0.3) is 0 Å². The molecule has 0 saturated carbocycles. The maximum absolute atomic E-state index is 5.87. The van der Waals surface area contributed by atoms with Gasteiger partial charge >= 0.3 is 0 Å². The lowest BCUT2D eigenvalue weighted by Gasteiger charge is -2.14. The van der Waals surface area contributed by atoms with Crippen LogP contribution in [0.3, 0.4) is 0 Å². The standard InChI is InChI=1S/C12H16N6/c1-8(2)10-11(13)15-7-16-12(10)14-6-9-4-3-5-17-18-9/h3-5,7-8H,6H2,1-2H3,(H3,13,14,15,16). The molecule has 0 fully saturated rings. The molecule has 2 aromatic rings. The number of nitrogen functional groups attached to an aromatic ring is 1. The highest BCUT2D eigenvalue weighted by Gasteiger charge is 2.12. The SMILES string of the molecule is CC(C)c1c(N)ncnc1NCc1cccnn1. The van der Waals surface area contributed by atoms with Crippen LogP contribution in [0.25, 0.3) is 0 Å². The number of aromatic nitrogens is 4. The molecule has 0 amide bonds. The second-order valence-corrected chi connectivity index (χ2v) is 4.24. The van der Waals surface area contributed by atoms with Gasteiger partial charge in [-0.3, -0.25) is 0 Å². The zero-order valence-corrected chi connectivity index (χ0v) is 10.5. The van der Waals surface area contributed by atoms with Crippen LogP contribution in [0.4, 0.5) is 11.6 Å². The van der Waals surface area contributed by atoms with Crippen molar-refractivity contribution in [2.45, 2.75) is 26.3 Å². The number of hydrogen-bond acceptors (Lipinski definition) is 6. The molecule has 6 heteroatoms. The Balaban J connectivity index is 2.17.